The van der Waals surface area contributed by atoms with Gasteiger partial charge in [0.15, 0.2) is 0 Å². The molecule has 1 aliphatic rings. The molecule has 2 atom stereocenters. The summed E-state index contributed by atoms with van der Waals surface area (Å²) in [4.78, 5) is 11.5. The first-order valence-corrected chi connectivity index (χ1v) is 7.89. The van der Waals surface area contributed by atoms with Crippen LogP contribution < -0.4 is 10.1 Å². The van der Waals surface area contributed by atoms with Crippen molar-refractivity contribution < 1.29 is 14.6 Å². The van der Waals surface area contributed by atoms with Crippen LogP contribution in [0, 0.1) is 12.8 Å². The van der Waals surface area contributed by atoms with Gasteiger partial charge in [-0.3, -0.25) is 4.79 Å². The van der Waals surface area contributed by atoms with Gasteiger partial charge in [-0.05, 0) is 49.9 Å². The molecular weight excluding hydrogens is 278 g/mol. The Kier molecular flexibility index (Phi) is 4.52. The highest BCUT2D eigenvalue weighted by atomic mass is 16.5. The van der Waals surface area contributed by atoms with Gasteiger partial charge < -0.3 is 15.2 Å². The standard InChI is InChI=1S/C18H27NO3/c1-10(2)16(21)13-7-11(3)17-14(8-13)15(19-12(4)20)9-18(5,6)22-17/h7-8,10,15-16,21H,9H2,1-6H3,(H,19,20). The molecule has 22 heavy (non-hydrogen) atoms. The quantitative estimate of drug-likeness (QED) is 0.899. The fraction of sp³-hybridized carbons (Fsp3) is 0.611. The van der Waals surface area contributed by atoms with Crippen LogP contribution in [0.1, 0.15) is 69.9 Å². The molecule has 0 aromatic heterocycles. The largest absolute Gasteiger partial charge is 0.487 e. The molecule has 2 unspecified atom stereocenters. The second-order valence-electron chi connectivity index (χ2n) is 7.26. The molecule has 1 aromatic rings. The van der Waals surface area contributed by atoms with Gasteiger partial charge in [-0.1, -0.05) is 13.8 Å². The lowest BCUT2D eigenvalue weighted by molar-refractivity contribution is -0.120. The van der Waals surface area contributed by atoms with E-state index in [-0.39, 0.29) is 23.5 Å². The van der Waals surface area contributed by atoms with E-state index in [1.807, 2.05) is 46.8 Å². The van der Waals surface area contributed by atoms with E-state index >= 15 is 0 Å². The third-order valence-electron chi connectivity index (χ3n) is 4.13. The number of aryl methyl sites for hydroxylation is 1. The van der Waals surface area contributed by atoms with Crippen LogP contribution in [0.4, 0.5) is 0 Å². The van der Waals surface area contributed by atoms with E-state index in [0.29, 0.717) is 6.42 Å². The Morgan fingerprint density at radius 1 is 1.41 bits per heavy atom. The summed E-state index contributed by atoms with van der Waals surface area (Å²) in [5.41, 5.74) is 2.51. The van der Waals surface area contributed by atoms with Crippen LogP contribution in [0.25, 0.3) is 0 Å². The van der Waals surface area contributed by atoms with Gasteiger partial charge in [0.25, 0.3) is 0 Å². The number of fused-ring (bicyclic) bond motifs is 1. The minimum absolute atomic E-state index is 0.0545. The molecule has 1 aliphatic heterocycles. The average molecular weight is 305 g/mol. The van der Waals surface area contributed by atoms with Crippen LogP contribution in [0.15, 0.2) is 12.1 Å². The highest BCUT2D eigenvalue weighted by Gasteiger charge is 2.35. The maximum atomic E-state index is 11.5. The lowest BCUT2D eigenvalue weighted by Crippen LogP contribution is -2.41. The highest BCUT2D eigenvalue weighted by Crippen LogP contribution is 2.43. The number of aliphatic hydroxyl groups excluding tert-OH is 1. The Morgan fingerprint density at radius 3 is 2.59 bits per heavy atom. The van der Waals surface area contributed by atoms with E-state index < -0.39 is 6.10 Å². The van der Waals surface area contributed by atoms with Crippen LogP contribution in [0.5, 0.6) is 5.75 Å². The molecular formula is C18H27NO3. The lowest BCUT2D eigenvalue weighted by atomic mass is 9.85. The van der Waals surface area contributed by atoms with Crippen molar-refractivity contribution in [2.24, 2.45) is 5.92 Å². The molecule has 4 nitrogen and oxygen atoms in total. The summed E-state index contributed by atoms with van der Waals surface area (Å²) in [6, 6.07) is 3.87. The van der Waals surface area contributed by atoms with E-state index in [1.54, 1.807) is 0 Å². The summed E-state index contributed by atoms with van der Waals surface area (Å²) in [5.74, 6) is 0.911. The van der Waals surface area contributed by atoms with Gasteiger partial charge in [0.2, 0.25) is 5.91 Å². The third kappa shape index (κ3) is 3.43. The maximum absolute atomic E-state index is 11.5. The SMILES string of the molecule is CC(=O)NC1CC(C)(C)Oc2c(C)cc(C(O)C(C)C)cc21. The fourth-order valence-corrected chi connectivity index (χ4v) is 3.08. The van der Waals surface area contributed by atoms with Crippen molar-refractivity contribution in [3.63, 3.8) is 0 Å². The third-order valence-corrected chi connectivity index (χ3v) is 4.13. The van der Waals surface area contributed by atoms with E-state index in [4.69, 9.17) is 4.74 Å². The molecule has 1 heterocycles. The summed E-state index contributed by atoms with van der Waals surface area (Å²) in [6.45, 7) is 11.6. The first-order chi connectivity index (χ1) is 10.1. The first-order valence-electron chi connectivity index (χ1n) is 7.89. The summed E-state index contributed by atoms with van der Waals surface area (Å²) in [5, 5.41) is 13.4. The molecule has 0 spiro atoms. The highest BCUT2D eigenvalue weighted by molar-refractivity contribution is 5.73. The molecule has 2 N–H and O–H groups in total. The summed E-state index contributed by atoms with van der Waals surface area (Å²) in [7, 11) is 0. The zero-order chi connectivity index (χ0) is 16.7. The number of hydrogen-bond donors (Lipinski definition) is 2. The van der Waals surface area contributed by atoms with E-state index in [2.05, 4.69) is 5.32 Å². The number of benzene rings is 1. The topological polar surface area (TPSA) is 58.6 Å². The predicted molar refractivity (Wildman–Crippen MR) is 86.9 cm³/mol. The van der Waals surface area contributed by atoms with Crippen molar-refractivity contribution >= 4 is 5.91 Å². The van der Waals surface area contributed by atoms with Crippen LogP contribution in [-0.4, -0.2) is 16.6 Å². The number of nitrogens with one attached hydrogen (secondary N) is 1. The number of hydrogen-bond acceptors (Lipinski definition) is 3. The summed E-state index contributed by atoms with van der Waals surface area (Å²) >= 11 is 0. The number of rotatable bonds is 3. The van der Waals surface area contributed by atoms with Crippen molar-refractivity contribution in [2.75, 3.05) is 0 Å². The van der Waals surface area contributed by atoms with Crippen LogP contribution >= 0.6 is 0 Å². The Bertz CT molecular complexity index is 578. The second kappa shape index (κ2) is 5.92. The number of carbonyl (C=O) groups excluding carboxylic acids is 1. The normalized spacial score (nSPS) is 21.0. The van der Waals surface area contributed by atoms with Crippen molar-refractivity contribution in [1.82, 2.24) is 5.32 Å². The molecule has 4 heteroatoms. The van der Waals surface area contributed by atoms with Crippen LogP contribution in [-0.2, 0) is 4.79 Å². The minimum atomic E-state index is -0.517. The second-order valence-corrected chi connectivity index (χ2v) is 7.26. The van der Waals surface area contributed by atoms with Gasteiger partial charge >= 0.3 is 0 Å². The molecule has 122 valence electrons. The average Bonchev–Trinajstić information content (AvgIpc) is 2.37. The van der Waals surface area contributed by atoms with Crippen molar-refractivity contribution in [2.45, 2.75) is 65.7 Å². The number of ether oxygens (including phenoxy) is 1. The lowest BCUT2D eigenvalue weighted by Gasteiger charge is -2.39. The molecule has 1 aromatic carbocycles. The molecule has 0 radical (unpaired) electrons. The smallest absolute Gasteiger partial charge is 0.217 e. The van der Waals surface area contributed by atoms with Gasteiger partial charge in [-0.15, -0.1) is 0 Å². The molecule has 2 rings (SSSR count). The van der Waals surface area contributed by atoms with E-state index in [0.717, 1.165) is 22.4 Å². The summed E-state index contributed by atoms with van der Waals surface area (Å²) < 4.78 is 6.12. The minimum Gasteiger partial charge on any atom is -0.487 e. The maximum Gasteiger partial charge on any atom is 0.217 e. The Hall–Kier alpha value is -1.55. The zero-order valence-electron chi connectivity index (χ0n) is 14.4. The monoisotopic (exact) mass is 305 g/mol. The number of aliphatic hydroxyl groups is 1. The fourth-order valence-electron chi connectivity index (χ4n) is 3.08. The molecule has 1 amide bonds. The van der Waals surface area contributed by atoms with Crippen LogP contribution in [0.3, 0.4) is 0 Å². The molecule has 0 saturated heterocycles. The zero-order valence-corrected chi connectivity index (χ0v) is 14.4. The van der Waals surface area contributed by atoms with Crippen molar-refractivity contribution in [1.29, 1.82) is 0 Å². The van der Waals surface area contributed by atoms with Gasteiger partial charge in [0.05, 0.1) is 12.1 Å². The number of amides is 1. The van der Waals surface area contributed by atoms with Gasteiger partial charge in [-0.25, -0.2) is 0 Å². The summed E-state index contributed by atoms with van der Waals surface area (Å²) in [6.07, 6.45) is 0.192. The molecule has 0 aliphatic carbocycles. The Balaban J connectivity index is 2.51. The van der Waals surface area contributed by atoms with Gasteiger partial charge in [-0.2, -0.15) is 0 Å². The molecule has 0 bridgehead atoms. The van der Waals surface area contributed by atoms with Crippen molar-refractivity contribution in [3.8, 4) is 5.75 Å². The van der Waals surface area contributed by atoms with Crippen molar-refractivity contribution in [3.05, 3.63) is 28.8 Å². The van der Waals surface area contributed by atoms with E-state index in [1.165, 1.54) is 6.92 Å². The van der Waals surface area contributed by atoms with Gasteiger partial charge in [0, 0.05) is 18.9 Å². The van der Waals surface area contributed by atoms with E-state index in [9.17, 15) is 9.90 Å². The number of carbonyl (C=O) groups is 1. The molecule has 0 saturated carbocycles. The predicted octanol–water partition coefficient (Wildman–Crippen LogP) is 3.42. The first kappa shape index (κ1) is 16.8. The van der Waals surface area contributed by atoms with Crippen LogP contribution in [0.2, 0.25) is 0 Å². The Labute approximate surface area is 132 Å². The van der Waals surface area contributed by atoms with Gasteiger partial charge in [0.1, 0.15) is 11.4 Å². The molecule has 0 fully saturated rings. The Morgan fingerprint density at radius 2 is 2.05 bits per heavy atom.